The largest absolute Gasteiger partial charge is 0.496 e. The molecule has 0 bridgehead atoms. The van der Waals surface area contributed by atoms with E-state index in [1.165, 1.54) is 33.3 Å². The summed E-state index contributed by atoms with van der Waals surface area (Å²) in [5.41, 5.74) is -0.0949. The highest BCUT2D eigenvalue weighted by atomic mass is 79.9. The van der Waals surface area contributed by atoms with Crippen LogP contribution in [0.5, 0.6) is 11.5 Å². The van der Waals surface area contributed by atoms with Gasteiger partial charge in [0.25, 0.3) is 6.47 Å². The molecule has 0 saturated carbocycles. The fourth-order valence-electron chi connectivity index (χ4n) is 1.90. The van der Waals surface area contributed by atoms with Crippen LogP contribution >= 0.6 is 15.9 Å². The predicted octanol–water partition coefficient (Wildman–Crippen LogP) is 1.50. The van der Waals surface area contributed by atoms with Crippen molar-refractivity contribution in [3.05, 3.63) is 22.2 Å². The monoisotopic (exact) mass is 485 g/mol. The standard InChI is InChI=1S/C14H16B2BrNO8.C4H10/c1-7(25-6-19)26-12(20)18-14(21,22)13(15,16)8-4-11(24-3)9(17)5-10(8)23-2;1-4(2)3/h4-7,21-22H,1-3H3,(H,18,20);4H,1-3H3. The smallest absolute Gasteiger partial charge is 0.414 e. The lowest BCUT2D eigenvalue weighted by molar-refractivity contribution is -0.195. The van der Waals surface area contributed by atoms with Crippen LogP contribution in [0.15, 0.2) is 16.6 Å². The maximum absolute atomic E-state index is 11.7. The molecule has 0 aliphatic heterocycles. The number of halogens is 1. The predicted molar refractivity (Wildman–Crippen MR) is 114 cm³/mol. The van der Waals surface area contributed by atoms with Gasteiger partial charge in [-0.05, 0) is 44.8 Å². The highest BCUT2D eigenvalue weighted by Gasteiger charge is 2.46. The number of hydrogen-bond acceptors (Lipinski definition) is 8. The topological polar surface area (TPSA) is 124 Å². The van der Waals surface area contributed by atoms with Crippen molar-refractivity contribution in [1.29, 1.82) is 0 Å². The summed E-state index contributed by atoms with van der Waals surface area (Å²) in [6, 6.07) is 2.74. The Kier molecular flexibility index (Phi) is 11.3. The summed E-state index contributed by atoms with van der Waals surface area (Å²) in [6.45, 7) is 7.78. The highest BCUT2D eigenvalue weighted by Crippen LogP contribution is 2.39. The van der Waals surface area contributed by atoms with Crippen LogP contribution in [0.25, 0.3) is 0 Å². The Labute approximate surface area is 187 Å². The molecule has 0 saturated heterocycles. The number of alkyl carbamates (subject to hydrolysis) is 1. The van der Waals surface area contributed by atoms with Crippen molar-refractivity contribution in [2.45, 2.75) is 45.1 Å². The minimum atomic E-state index is -3.18. The average Bonchev–Trinajstić information content (AvgIpc) is 2.59. The second-order valence-corrected chi connectivity index (χ2v) is 7.64. The van der Waals surface area contributed by atoms with Crippen LogP contribution in [0.3, 0.4) is 0 Å². The Morgan fingerprint density at radius 3 is 2.07 bits per heavy atom. The molecule has 30 heavy (non-hydrogen) atoms. The first-order valence-electron chi connectivity index (χ1n) is 8.75. The number of carbonyl (C=O) groups is 2. The normalized spacial score (nSPS) is 12.2. The third-order valence-corrected chi connectivity index (χ3v) is 3.91. The zero-order chi connectivity index (χ0) is 23.7. The number of hydrogen-bond donors (Lipinski definition) is 3. The number of aliphatic hydroxyl groups is 2. The van der Waals surface area contributed by atoms with E-state index in [4.69, 9.17) is 25.2 Å². The molecule has 1 aromatic rings. The number of nitrogens with one attached hydrogen (secondary N) is 1. The Hall–Kier alpha value is -1.91. The Morgan fingerprint density at radius 1 is 1.13 bits per heavy atom. The summed E-state index contributed by atoms with van der Waals surface area (Å²) >= 11 is 3.24. The molecule has 0 aliphatic carbocycles. The van der Waals surface area contributed by atoms with Gasteiger partial charge in [0, 0.05) is 6.92 Å². The van der Waals surface area contributed by atoms with E-state index < -0.39 is 23.5 Å². The van der Waals surface area contributed by atoms with Gasteiger partial charge in [0.05, 0.1) is 34.4 Å². The molecule has 1 atom stereocenters. The second-order valence-electron chi connectivity index (χ2n) is 6.79. The lowest BCUT2D eigenvalue weighted by Crippen LogP contribution is -2.64. The van der Waals surface area contributed by atoms with Crippen LogP contribution in [-0.4, -0.2) is 64.9 Å². The Bertz CT molecular complexity index is 713. The summed E-state index contributed by atoms with van der Waals surface area (Å²) in [5, 5.41) is 19.7. The van der Waals surface area contributed by atoms with Gasteiger partial charge in [-0.2, -0.15) is 0 Å². The summed E-state index contributed by atoms with van der Waals surface area (Å²) in [7, 11) is 14.4. The van der Waals surface area contributed by atoms with Crippen molar-refractivity contribution in [3.8, 4) is 11.5 Å². The van der Waals surface area contributed by atoms with Gasteiger partial charge in [-0.3, -0.25) is 10.1 Å². The van der Waals surface area contributed by atoms with E-state index in [0.717, 1.165) is 5.92 Å². The van der Waals surface area contributed by atoms with Crippen LogP contribution in [0, 0.1) is 5.92 Å². The fourth-order valence-corrected chi connectivity index (χ4v) is 2.39. The van der Waals surface area contributed by atoms with Gasteiger partial charge in [-0.15, -0.1) is 0 Å². The van der Waals surface area contributed by atoms with E-state index in [0.29, 0.717) is 4.47 Å². The summed E-state index contributed by atoms with van der Waals surface area (Å²) in [5.74, 6) is -1.99. The lowest BCUT2D eigenvalue weighted by Gasteiger charge is -2.40. The quantitative estimate of drug-likeness (QED) is 0.287. The molecule has 1 unspecified atom stereocenters. The number of amides is 1. The number of rotatable bonds is 8. The number of ether oxygens (including phenoxy) is 4. The third kappa shape index (κ3) is 8.08. The van der Waals surface area contributed by atoms with Crippen molar-refractivity contribution >= 4 is 44.2 Å². The minimum absolute atomic E-state index is 0.0538. The first-order chi connectivity index (χ1) is 13.7. The SMILES string of the molecule is CC(C)C.[B]C([B])(c1cc(OC)c(Br)cc1OC)C(O)(O)NC(=O)OC(C)OC=O. The molecule has 0 spiro atoms. The van der Waals surface area contributed by atoms with Crippen molar-refractivity contribution in [1.82, 2.24) is 5.32 Å². The van der Waals surface area contributed by atoms with E-state index in [1.54, 1.807) is 5.32 Å². The Balaban J connectivity index is 0.00000192. The van der Waals surface area contributed by atoms with E-state index >= 15 is 0 Å². The van der Waals surface area contributed by atoms with Gasteiger partial charge in [0.2, 0.25) is 12.2 Å². The molecule has 4 radical (unpaired) electrons. The van der Waals surface area contributed by atoms with Crippen molar-refractivity contribution in [2.75, 3.05) is 14.2 Å². The van der Waals surface area contributed by atoms with Crippen molar-refractivity contribution < 1.29 is 38.7 Å². The number of methoxy groups -OCH3 is 2. The molecule has 0 fully saturated rings. The maximum atomic E-state index is 11.7. The van der Waals surface area contributed by atoms with E-state index in [2.05, 4.69) is 46.2 Å². The zero-order valence-corrected chi connectivity index (χ0v) is 19.3. The highest BCUT2D eigenvalue weighted by molar-refractivity contribution is 9.10. The summed E-state index contributed by atoms with van der Waals surface area (Å²) < 4.78 is 19.7. The molecular weight excluding hydrogens is 460 g/mol. The second kappa shape index (κ2) is 12.1. The van der Waals surface area contributed by atoms with E-state index in [1.807, 2.05) is 0 Å². The molecule has 0 aromatic heterocycles. The van der Waals surface area contributed by atoms with Gasteiger partial charge in [-0.25, -0.2) is 4.79 Å². The first-order valence-corrected chi connectivity index (χ1v) is 9.55. The lowest BCUT2D eigenvalue weighted by atomic mass is 9.48. The van der Waals surface area contributed by atoms with Crippen LogP contribution in [0.1, 0.15) is 33.3 Å². The molecule has 0 aliphatic rings. The van der Waals surface area contributed by atoms with Gasteiger partial charge in [-0.1, -0.05) is 20.8 Å². The van der Waals surface area contributed by atoms with E-state index in [9.17, 15) is 19.8 Å². The van der Waals surface area contributed by atoms with E-state index in [-0.39, 0.29) is 23.5 Å². The molecule has 9 nitrogen and oxygen atoms in total. The van der Waals surface area contributed by atoms with Gasteiger partial charge >= 0.3 is 6.09 Å². The molecule has 1 aromatic carbocycles. The molecular formula is C18H26B2BrNO8. The number of carbonyl (C=O) groups excluding carboxylic acids is 2. The van der Waals surface area contributed by atoms with Crippen molar-refractivity contribution in [3.63, 3.8) is 0 Å². The molecule has 164 valence electrons. The third-order valence-electron chi connectivity index (χ3n) is 3.29. The first kappa shape index (κ1) is 28.1. The van der Waals surface area contributed by atoms with Crippen LogP contribution < -0.4 is 14.8 Å². The molecule has 3 N–H and O–H groups in total. The van der Waals surface area contributed by atoms with Gasteiger partial charge in [0.1, 0.15) is 11.5 Å². The van der Waals surface area contributed by atoms with Crippen molar-refractivity contribution in [2.24, 2.45) is 5.92 Å². The number of benzene rings is 1. The van der Waals surface area contributed by atoms with Crippen LogP contribution in [0.2, 0.25) is 0 Å². The van der Waals surface area contributed by atoms with Crippen LogP contribution in [-0.2, 0) is 19.5 Å². The molecule has 12 heteroatoms. The Morgan fingerprint density at radius 2 is 1.63 bits per heavy atom. The molecule has 0 heterocycles. The van der Waals surface area contributed by atoms with Gasteiger partial charge in [0.15, 0.2) is 0 Å². The minimum Gasteiger partial charge on any atom is -0.496 e. The fraction of sp³-hybridized carbons (Fsp3) is 0.556. The summed E-state index contributed by atoms with van der Waals surface area (Å²) in [4.78, 5) is 21.9. The average molecular weight is 486 g/mol. The molecule has 1 rings (SSSR count). The zero-order valence-electron chi connectivity index (χ0n) is 17.8. The molecule has 1 amide bonds. The van der Waals surface area contributed by atoms with Crippen LogP contribution in [0.4, 0.5) is 4.79 Å². The summed E-state index contributed by atoms with van der Waals surface area (Å²) in [6.07, 6.45) is -2.64. The maximum Gasteiger partial charge on any atom is 0.414 e. The van der Waals surface area contributed by atoms with Gasteiger partial charge < -0.3 is 29.2 Å².